The van der Waals surface area contributed by atoms with Crippen molar-refractivity contribution < 1.29 is 28.2 Å². The minimum Gasteiger partial charge on any atom is -0.468 e. The quantitative estimate of drug-likeness (QED) is 0.346. The summed E-state index contributed by atoms with van der Waals surface area (Å²) < 4.78 is 30.3. The van der Waals surface area contributed by atoms with E-state index in [1.807, 2.05) is 0 Å². The van der Waals surface area contributed by atoms with Gasteiger partial charge in [-0.3, -0.25) is 14.8 Å². The first-order chi connectivity index (χ1) is 18.7. The Bertz CT molecular complexity index is 1590. The maximum atomic E-state index is 16.0. The van der Waals surface area contributed by atoms with Gasteiger partial charge in [-0.15, -0.1) is 6.42 Å². The Morgan fingerprint density at radius 1 is 1.28 bits per heavy atom. The predicted molar refractivity (Wildman–Crippen MR) is 142 cm³/mol. The zero-order chi connectivity index (χ0) is 27.9. The molecule has 5 rings (SSSR count). The maximum absolute atomic E-state index is 16.0. The fraction of sp³-hybridized carbons (Fsp3) is 0.333. The molecule has 3 heterocycles. The zero-order valence-electron chi connectivity index (χ0n) is 21.4. The predicted octanol–water partition coefficient (Wildman–Crippen LogP) is 2.76. The number of pyridine rings is 1. The van der Waals surface area contributed by atoms with E-state index < -0.39 is 34.0 Å². The monoisotopic (exact) mass is 549 g/mol. The second-order valence-corrected chi connectivity index (χ2v) is 10.7. The summed E-state index contributed by atoms with van der Waals surface area (Å²) in [5.74, 6) is 0.161. The van der Waals surface area contributed by atoms with Crippen molar-refractivity contribution in [2.24, 2.45) is 16.6 Å². The molecule has 12 heteroatoms. The second kappa shape index (κ2) is 9.81. The fourth-order valence-electron chi connectivity index (χ4n) is 5.12. The Labute approximate surface area is 227 Å². The third-order valence-corrected chi connectivity index (χ3v) is 8.30. The Balaban J connectivity index is 1.60. The van der Waals surface area contributed by atoms with E-state index in [1.165, 1.54) is 26.5 Å². The van der Waals surface area contributed by atoms with Crippen LogP contribution in [0, 0.1) is 24.1 Å². The highest BCUT2D eigenvalue weighted by atomic mass is 32.2. The standard InChI is InChI=1S/C27H24FN5O5S/c1-5-8-38-20-13-31-22-17(32-20)6-7-30-18(22)11-14-9-15(23(34)36-3)21(28)16(10-14)26(2)19-12-27(19,24(35)37-4)39-25(29)33-26/h1,6-7,9-10,13,19H,8,11-12H2,2-4H3,(H2,29,33)/t19-,26+,27-/m0/s1. The Kier molecular flexibility index (Phi) is 6.64. The third kappa shape index (κ3) is 4.42. The molecule has 1 fully saturated rings. The fourth-order valence-corrected chi connectivity index (χ4v) is 6.52. The zero-order valence-corrected chi connectivity index (χ0v) is 22.2. The van der Waals surface area contributed by atoms with E-state index in [0.717, 1.165) is 11.8 Å². The van der Waals surface area contributed by atoms with Gasteiger partial charge in [0, 0.05) is 24.1 Å². The number of nitrogens with zero attached hydrogens (tertiary/aromatic N) is 4. The second-order valence-electron chi connectivity index (χ2n) is 9.34. The van der Waals surface area contributed by atoms with Gasteiger partial charge in [0.25, 0.3) is 0 Å². The van der Waals surface area contributed by atoms with Crippen LogP contribution in [0.25, 0.3) is 11.0 Å². The smallest absolute Gasteiger partial charge is 0.340 e. The number of rotatable bonds is 7. The van der Waals surface area contributed by atoms with E-state index in [2.05, 4.69) is 25.9 Å². The van der Waals surface area contributed by atoms with E-state index in [-0.39, 0.29) is 35.2 Å². The van der Waals surface area contributed by atoms with Crippen molar-refractivity contribution in [3.8, 4) is 18.2 Å². The highest BCUT2D eigenvalue weighted by Gasteiger charge is 2.71. The summed E-state index contributed by atoms with van der Waals surface area (Å²) >= 11 is 1.12. The summed E-state index contributed by atoms with van der Waals surface area (Å²) in [7, 11) is 2.47. The minimum atomic E-state index is -1.23. The summed E-state index contributed by atoms with van der Waals surface area (Å²) in [6.45, 7) is 1.76. The molecule has 0 radical (unpaired) electrons. The molecular formula is C27H24FN5O5S. The molecule has 0 bridgehead atoms. The summed E-state index contributed by atoms with van der Waals surface area (Å²) in [5, 5.41) is 0.134. The van der Waals surface area contributed by atoms with Gasteiger partial charge in [-0.2, -0.15) is 0 Å². The van der Waals surface area contributed by atoms with Crippen molar-refractivity contribution in [1.82, 2.24) is 15.0 Å². The van der Waals surface area contributed by atoms with Crippen LogP contribution in [-0.4, -0.2) is 57.6 Å². The lowest BCUT2D eigenvalue weighted by Crippen LogP contribution is -2.40. The lowest BCUT2D eigenvalue weighted by molar-refractivity contribution is -0.141. The van der Waals surface area contributed by atoms with E-state index >= 15 is 4.39 Å². The Morgan fingerprint density at radius 3 is 2.79 bits per heavy atom. The van der Waals surface area contributed by atoms with Crippen molar-refractivity contribution in [2.75, 3.05) is 20.8 Å². The Hall–Kier alpha value is -4.24. The lowest BCUT2D eigenvalue weighted by atomic mass is 9.83. The number of methoxy groups -OCH3 is 2. The number of hydrogen-bond acceptors (Lipinski definition) is 11. The van der Waals surface area contributed by atoms with Gasteiger partial charge in [-0.25, -0.2) is 19.2 Å². The first-order valence-corrected chi connectivity index (χ1v) is 12.7. The van der Waals surface area contributed by atoms with Crippen molar-refractivity contribution in [3.63, 3.8) is 0 Å². The average molecular weight is 550 g/mol. The molecule has 0 spiro atoms. The number of amidine groups is 1. The molecule has 200 valence electrons. The molecule has 3 atom stereocenters. The third-order valence-electron chi connectivity index (χ3n) is 7.02. The number of nitrogens with two attached hydrogens (primary N) is 1. The molecule has 2 aromatic heterocycles. The summed E-state index contributed by atoms with van der Waals surface area (Å²) in [5.41, 5.74) is 6.88. The average Bonchev–Trinajstić information content (AvgIpc) is 3.68. The number of terminal acetylenes is 1. The largest absolute Gasteiger partial charge is 0.468 e. The SMILES string of the molecule is C#CCOc1cnc2c(Cc3cc(C(=O)OC)c(F)c([C@@]4(C)N=C(N)S[C@@]5(C(=O)OC)C[C@H]54)c3)nccc2n1. The number of aromatic nitrogens is 3. The van der Waals surface area contributed by atoms with Crippen LogP contribution in [0.1, 0.15) is 40.5 Å². The van der Waals surface area contributed by atoms with Crippen LogP contribution >= 0.6 is 11.8 Å². The molecule has 3 aromatic rings. The van der Waals surface area contributed by atoms with Gasteiger partial charge < -0.3 is 19.9 Å². The molecule has 2 aliphatic rings. The summed E-state index contributed by atoms with van der Waals surface area (Å²) in [6, 6.07) is 4.72. The van der Waals surface area contributed by atoms with E-state index in [4.69, 9.17) is 26.4 Å². The van der Waals surface area contributed by atoms with Crippen molar-refractivity contribution in [1.29, 1.82) is 0 Å². The van der Waals surface area contributed by atoms with Gasteiger partial charge in [0.2, 0.25) is 5.88 Å². The van der Waals surface area contributed by atoms with Gasteiger partial charge in [0.05, 0.1) is 42.7 Å². The lowest BCUT2D eigenvalue weighted by Gasteiger charge is -2.33. The van der Waals surface area contributed by atoms with E-state index in [9.17, 15) is 9.59 Å². The van der Waals surface area contributed by atoms with Crippen LogP contribution in [0.15, 0.2) is 35.6 Å². The van der Waals surface area contributed by atoms with Crippen LogP contribution in [0.3, 0.4) is 0 Å². The van der Waals surface area contributed by atoms with E-state index in [1.54, 1.807) is 25.3 Å². The van der Waals surface area contributed by atoms with Gasteiger partial charge in [0.1, 0.15) is 16.1 Å². The molecule has 0 saturated heterocycles. The molecule has 1 aliphatic heterocycles. The molecule has 1 aromatic carbocycles. The number of ether oxygens (including phenoxy) is 3. The highest BCUT2D eigenvalue weighted by Crippen LogP contribution is 2.66. The van der Waals surface area contributed by atoms with Crippen molar-refractivity contribution in [3.05, 3.63) is 58.8 Å². The summed E-state index contributed by atoms with van der Waals surface area (Å²) in [6.07, 6.45) is 8.84. The topological polar surface area (TPSA) is 139 Å². The number of benzene rings is 1. The van der Waals surface area contributed by atoms with Gasteiger partial charge >= 0.3 is 11.9 Å². The van der Waals surface area contributed by atoms with Crippen LogP contribution in [0.2, 0.25) is 0 Å². The Morgan fingerprint density at radius 2 is 2.08 bits per heavy atom. The normalized spacial score (nSPS) is 23.3. The molecule has 1 saturated carbocycles. The number of halogens is 1. The number of hydrogen-bond donors (Lipinski definition) is 1. The van der Waals surface area contributed by atoms with Gasteiger partial charge in [-0.1, -0.05) is 17.7 Å². The maximum Gasteiger partial charge on any atom is 0.340 e. The van der Waals surface area contributed by atoms with Crippen LogP contribution < -0.4 is 10.5 Å². The molecule has 0 amide bonds. The first-order valence-electron chi connectivity index (χ1n) is 11.9. The number of fused-ring (bicyclic) bond motifs is 2. The van der Waals surface area contributed by atoms with Gasteiger partial charge in [0.15, 0.2) is 11.8 Å². The summed E-state index contributed by atoms with van der Waals surface area (Å²) in [4.78, 5) is 43.2. The molecular weight excluding hydrogens is 525 g/mol. The van der Waals surface area contributed by atoms with Gasteiger partial charge in [-0.05, 0) is 37.1 Å². The van der Waals surface area contributed by atoms with Crippen molar-refractivity contribution in [2.45, 2.75) is 30.1 Å². The van der Waals surface area contributed by atoms with Crippen LogP contribution in [0.5, 0.6) is 5.88 Å². The van der Waals surface area contributed by atoms with Crippen molar-refractivity contribution >= 4 is 39.9 Å². The molecule has 0 unspecified atom stereocenters. The highest BCUT2D eigenvalue weighted by molar-refractivity contribution is 8.15. The molecule has 39 heavy (non-hydrogen) atoms. The molecule has 2 N–H and O–H groups in total. The number of carbonyl (C=O) groups is 2. The van der Waals surface area contributed by atoms with Crippen LogP contribution in [0.4, 0.5) is 4.39 Å². The molecule has 1 aliphatic carbocycles. The number of esters is 2. The molecule has 10 nitrogen and oxygen atoms in total. The van der Waals surface area contributed by atoms with E-state index in [0.29, 0.717) is 28.7 Å². The first kappa shape index (κ1) is 26.4. The number of carbonyl (C=O) groups excluding carboxylic acids is 2. The number of thioether (sulfide) groups is 1. The van der Waals surface area contributed by atoms with Crippen LogP contribution in [-0.2, 0) is 26.2 Å². The minimum absolute atomic E-state index is 0.0509. The number of aliphatic imine (C=N–C) groups is 1.